The third-order valence-corrected chi connectivity index (χ3v) is 5.18. The Morgan fingerprint density at radius 1 is 1.32 bits per heavy atom. The first-order valence-corrected chi connectivity index (χ1v) is 8.20. The number of aromatic nitrogens is 3. The number of nitrogens with zero attached hydrogens (tertiary/aromatic N) is 4. The Labute approximate surface area is 132 Å². The van der Waals surface area contributed by atoms with E-state index in [1.165, 1.54) is 4.70 Å². The lowest BCUT2D eigenvalue weighted by Gasteiger charge is -2.22. The summed E-state index contributed by atoms with van der Waals surface area (Å²) in [6.45, 7) is 0.774. The lowest BCUT2D eigenvalue weighted by Crippen LogP contribution is -2.30. The monoisotopic (exact) mass is 312 g/mol. The molecule has 1 aliphatic heterocycles. The summed E-state index contributed by atoms with van der Waals surface area (Å²) in [7, 11) is 1.83. The van der Waals surface area contributed by atoms with Crippen LogP contribution in [-0.2, 0) is 7.05 Å². The average molecular weight is 312 g/mol. The van der Waals surface area contributed by atoms with Gasteiger partial charge in [0.05, 0.1) is 16.3 Å². The van der Waals surface area contributed by atoms with Crippen molar-refractivity contribution in [2.75, 3.05) is 6.54 Å². The number of amides is 1. The number of carbonyl (C=O) groups excluding carboxylic acids is 1. The van der Waals surface area contributed by atoms with Crippen molar-refractivity contribution in [1.82, 2.24) is 19.7 Å². The smallest absolute Gasteiger partial charge is 0.274 e. The van der Waals surface area contributed by atoms with Crippen molar-refractivity contribution in [3.63, 3.8) is 0 Å². The van der Waals surface area contributed by atoms with Gasteiger partial charge in [-0.2, -0.15) is 5.10 Å². The zero-order chi connectivity index (χ0) is 15.1. The first-order valence-electron chi connectivity index (χ1n) is 7.38. The fourth-order valence-corrected chi connectivity index (χ4v) is 4.09. The van der Waals surface area contributed by atoms with E-state index in [0.29, 0.717) is 5.69 Å². The predicted octanol–water partition coefficient (Wildman–Crippen LogP) is 3.01. The first kappa shape index (κ1) is 13.5. The number of benzene rings is 1. The lowest BCUT2D eigenvalue weighted by atomic mass is 10.2. The van der Waals surface area contributed by atoms with Gasteiger partial charge in [0, 0.05) is 19.8 Å². The van der Waals surface area contributed by atoms with Gasteiger partial charge in [0.1, 0.15) is 10.7 Å². The van der Waals surface area contributed by atoms with Crippen LogP contribution in [0.25, 0.3) is 10.2 Å². The minimum Gasteiger partial charge on any atom is -0.328 e. The molecule has 1 saturated heterocycles. The van der Waals surface area contributed by atoms with E-state index < -0.39 is 0 Å². The molecule has 1 atom stereocenters. The van der Waals surface area contributed by atoms with Crippen molar-refractivity contribution in [2.24, 2.45) is 7.05 Å². The molecule has 112 valence electrons. The van der Waals surface area contributed by atoms with Gasteiger partial charge in [-0.3, -0.25) is 9.48 Å². The van der Waals surface area contributed by atoms with Crippen LogP contribution in [0.4, 0.5) is 0 Å². The van der Waals surface area contributed by atoms with E-state index in [0.717, 1.165) is 29.9 Å². The van der Waals surface area contributed by atoms with Crippen molar-refractivity contribution < 1.29 is 4.79 Å². The van der Waals surface area contributed by atoms with Gasteiger partial charge in [0.2, 0.25) is 0 Å². The summed E-state index contributed by atoms with van der Waals surface area (Å²) in [6, 6.07) is 9.97. The molecule has 0 radical (unpaired) electrons. The maximum absolute atomic E-state index is 12.7. The van der Waals surface area contributed by atoms with Crippen molar-refractivity contribution >= 4 is 27.5 Å². The number of aryl methyl sites for hydroxylation is 1. The van der Waals surface area contributed by atoms with Crippen LogP contribution in [0.3, 0.4) is 0 Å². The van der Waals surface area contributed by atoms with Gasteiger partial charge in [-0.1, -0.05) is 12.1 Å². The van der Waals surface area contributed by atoms with Crippen LogP contribution in [0.15, 0.2) is 36.5 Å². The molecule has 6 heteroatoms. The Morgan fingerprint density at radius 2 is 2.18 bits per heavy atom. The number of fused-ring (bicyclic) bond motifs is 1. The number of likely N-dealkylation sites (tertiary alicyclic amines) is 1. The molecule has 0 N–H and O–H groups in total. The standard InChI is InChI=1S/C16H16N4OS/c1-19-10-8-12(18-19)16(21)20-9-4-6-13(20)15-17-11-5-2-3-7-14(11)22-15/h2-3,5,7-8,10,13H,4,6,9H2,1H3. The van der Waals surface area contributed by atoms with E-state index in [1.807, 2.05) is 30.1 Å². The van der Waals surface area contributed by atoms with Gasteiger partial charge in [-0.05, 0) is 31.0 Å². The third-order valence-electron chi connectivity index (χ3n) is 4.04. The molecule has 0 spiro atoms. The van der Waals surface area contributed by atoms with Crippen LogP contribution < -0.4 is 0 Å². The summed E-state index contributed by atoms with van der Waals surface area (Å²) in [5, 5.41) is 5.27. The number of para-hydroxylation sites is 1. The minimum atomic E-state index is 0.00218. The molecule has 4 rings (SSSR count). The molecule has 3 heterocycles. The normalized spacial score (nSPS) is 18.2. The Balaban J connectivity index is 1.67. The van der Waals surface area contributed by atoms with E-state index in [4.69, 9.17) is 4.98 Å². The Kier molecular flexibility index (Phi) is 3.18. The average Bonchev–Trinajstić information content (AvgIpc) is 3.24. The molecule has 0 bridgehead atoms. The van der Waals surface area contributed by atoms with Gasteiger partial charge < -0.3 is 4.90 Å². The Bertz CT molecular complexity index is 804. The third kappa shape index (κ3) is 2.20. The number of carbonyl (C=O) groups is 1. The summed E-state index contributed by atoms with van der Waals surface area (Å²) in [6.07, 6.45) is 3.79. The second-order valence-electron chi connectivity index (χ2n) is 5.55. The quantitative estimate of drug-likeness (QED) is 0.731. The maximum Gasteiger partial charge on any atom is 0.274 e. The molecule has 1 aromatic carbocycles. The van der Waals surface area contributed by atoms with Crippen LogP contribution in [0.1, 0.15) is 34.4 Å². The maximum atomic E-state index is 12.7. The van der Waals surface area contributed by atoms with Gasteiger partial charge in [-0.15, -0.1) is 11.3 Å². The number of thiazole rings is 1. The molecule has 5 nitrogen and oxygen atoms in total. The zero-order valence-electron chi connectivity index (χ0n) is 12.3. The molecule has 22 heavy (non-hydrogen) atoms. The van der Waals surface area contributed by atoms with E-state index in [1.54, 1.807) is 28.3 Å². The van der Waals surface area contributed by atoms with Crippen LogP contribution in [-0.4, -0.2) is 32.1 Å². The van der Waals surface area contributed by atoms with E-state index in [-0.39, 0.29) is 11.9 Å². The van der Waals surface area contributed by atoms with Crippen LogP contribution in [0.2, 0.25) is 0 Å². The summed E-state index contributed by atoms with van der Waals surface area (Å²) in [5.74, 6) is 0.00218. The topological polar surface area (TPSA) is 51.0 Å². The minimum absolute atomic E-state index is 0.00218. The highest BCUT2D eigenvalue weighted by molar-refractivity contribution is 7.18. The molecule has 1 aliphatic rings. The van der Waals surface area contributed by atoms with Gasteiger partial charge >= 0.3 is 0 Å². The largest absolute Gasteiger partial charge is 0.328 e. The molecule has 0 aliphatic carbocycles. The Morgan fingerprint density at radius 3 is 2.95 bits per heavy atom. The zero-order valence-corrected chi connectivity index (χ0v) is 13.1. The second-order valence-corrected chi connectivity index (χ2v) is 6.61. The molecular formula is C16H16N4OS. The summed E-state index contributed by atoms with van der Waals surface area (Å²) in [5.41, 5.74) is 1.52. The molecule has 3 aromatic rings. The highest BCUT2D eigenvalue weighted by Gasteiger charge is 2.33. The fourth-order valence-electron chi connectivity index (χ4n) is 2.98. The van der Waals surface area contributed by atoms with Gasteiger partial charge in [-0.25, -0.2) is 4.98 Å². The summed E-state index contributed by atoms with van der Waals surface area (Å²) >= 11 is 1.69. The van der Waals surface area contributed by atoms with E-state index >= 15 is 0 Å². The van der Waals surface area contributed by atoms with E-state index in [9.17, 15) is 4.79 Å². The molecule has 0 saturated carbocycles. The van der Waals surface area contributed by atoms with Crippen LogP contribution >= 0.6 is 11.3 Å². The molecule has 1 fully saturated rings. The fraction of sp³-hybridized carbons (Fsp3) is 0.312. The first-order chi connectivity index (χ1) is 10.7. The molecule has 1 amide bonds. The van der Waals surface area contributed by atoms with Crippen molar-refractivity contribution in [3.05, 3.63) is 47.2 Å². The highest BCUT2D eigenvalue weighted by atomic mass is 32.1. The number of hydrogen-bond acceptors (Lipinski definition) is 4. The molecular weight excluding hydrogens is 296 g/mol. The second kappa shape index (κ2) is 5.21. The molecule has 2 aromatic heterocycles. The van der Waals surface area contributed by atoms with E-state index in [2.05, 4.69) is 11.2 Å². The predicted molar refractivity (Wildman–Crippen MR) is 85.8 cm³/mol. The summed E-state index contributed by atoms with van der Waals surface area (Å²) in [4.78, 5) is 19.3. The number of hydrogen-bond donors (Lipinski definition) is 0. The van der Waals surface area contributed by atoms with Gasteiger partial charge in [0.25, 0.3) is 5.91 Å². The van der Waals surface area contributed by atoms with Crippen molar-refractivity contribution in [2.45, 2.75) is 18.9 Å². The highest BCUT2D eigenvalue weighted by Crippen LogP contribution is 2.37. The van der Waals surface area contributed by atoms with Crippen molar-refractivity contribution in [3.8, 4) is 0 Å². The number of rotatable bonds is 2. The molecule has 1 unspecified atom stereocenters. The van der Waals surface area contributed by atoms with Crippen molar-refractivity contribution in [1.29, 1.82) is 0 Å². The van der Waals surface area contributed by atoms with Crippen LogP contribution in [0, 0.1) is 0 Å². The lowest BCUT2D eigenvalue weighted by molar-refractivity contribution is 0.0729. The van der Waals surface area contributed by atoms with Gasteiger partial charge in [0.15, 0.2) is 0 Å². The Hall–Kier alpha value is -2.21. The summed E-state index contributed by atoms with van der Waals surface area (Å²) < 4.78 is 2.84. The SMILES string of the molecule is Cn1ccc(C(=O)N2CCCC2c2nc3ccccc3s2)n1. The van der Waals surface area contributed by atoms with Crippen LogP contribution in [0.5, 0.6) is 0 Å².